The molecule has 2 aromatic carbocycles. The number of aryl methyl sites for hydroxylation is 1. The van der Waals surface area contributed by atoms with E-state index in [-0.39, 0.29) is 23.5 Å². The predicted octanol–water partition coefficient (Wildman–Crippen LogP) is 4.17. The lowest BCUT2D eigenvalue weighted by atomic mass is 10.0. The van der Waals surface area contributed by atoms with Gasteiger partial charge in [-0.25, -0.2) is 0 Å². The highest BCUT2D eigenvalue weighted by Crippen LogP contribution is 2.30. The monoisotopic (exact) mass is 419 g/mol. The molecule has 1 atom stereocenters. The Labute approximate surface area is 173 Å². The molecular weight excluding hydrogens is 390 g/mol. The van der Waals surface area contributed by atoms with Gasteiger partial charge >= 0.3 is 10.1 Å². The second-order valence-electron chi connectivity index (χ2n) is 6.92. The Kier molecular flexibility index (Phi) is 7.67. The zero-order valence-corrected chi connectivity index (χ0v) is 18.5. The number of carbonyl (C=O) groups is 1. The Bertz CT molecular complexity index is 955. The first-order valence-corrected chi connectivity index (χ1v) is 11.3. The van der Waals surface area contributed by atoms with Crippen LogP contribution < -0.4 is 8.92 Å². The highest BCUT2D eigenvalue weighted by atomic mass is 32.2. The summed E-state index contributed by atoms with van der Waals surface area (Å²) >= 11 is 0. The Morgan fingerprint density at radius 2 is 1.79 bits per heavy atom. The summed E-state index contributed by atoms with van der Waals surface area (Å²) in [5.41, 5.74) is 2.33. The van der Waals surface area contributed by atoms with Crippen LogP contribution in [0.4, 0.5) is 0 Å². The molecule has 7 heteroatoms. The van der Waals surface area contributed by atoms with Gasteiger partial charge in [0.05, 0.1) is 12.9 Å². The maximum Gasteiger partial charge on any atom is 0.309 e. The molecule has 0 aliphatic rings. The minimum Gasteiger partial charge on any atom is -0.493 e. The van der Waals surface area contributed by atoms with Crippen molar-refractivity contribution < 1.29 is 22.1 Å². The Morgan fingerprint density at radius 1 is 1.10 bits per heavy atom. The SMILES string of the molecule is CC[C@@H](C)N(Cc1ccc(OC)c(OS(=O)(=O)CC)c1)C(=O)c1ccccc1C. The van der Waals surface area contributed by atoms with Gasteiger partial charge in [0.1, 0.15) is 0 Å². The minimum atomic E-state index is -3.70. The molecule has 0 heterocycles. The third-order valence-electron chi connectivity index (χ3n) is 4.91. The second-order valence-corrected chi connectivity index (χ2v) is 8.78. The van der Waals surface area contributed by atoms with Gasteiger partial charge in [-0.1, -0.05) is 31.2 Å². The average molecular weight is 420 g/mol. The molecule has 2 rings (SSSR count). The first-order chi connectivity index (χ1) is 13.7. The third kappa shape index (κ3) is 5.73. The largest absolute Gasteiger partial charge is 0.493 e. The standard InChI is InChI=1S/C22H29NO5S/c1-6-17(4)23(22(24)19-11-9-8-10-16(19)3)15-18-12-13-20(27-5)21(14-18)28-29(25,26)7-2/h8-14,17H,6-7,15H2,1-5H3/t17-/m1/s1. The van der Waals surface area contributed by atoms with E-state index in [2.05, 4.69) is 0 Å². The van der Waals surface area contributed by atoms with Crippen LogP contribution in [-0.2, 0) is 16.7 Å². The molecule has 1 amide bonds. The zero-order valence-electron chi connectivity index (χ0n) is 17.6. The number of amides is 1. The number of benzene rings is 2. The first-order valence-electron chi connectivity index (χ1n) is 9.68. The van der Waals surface area contributed by atoms with Crippen molar-refractivity contribution in [2.24, 2.45) is 0 Å². The Hall–Kier alpha value is -2.54. The maximum absolute atomic E-state index is 13.2. The number of nitrogens with zero attached hydrogens (tertiary/aromatic N) is 1. The number of carbonyl (C=O) groups excluding carboxylic acids is 1. The van der Waals surface area contributed by atoms with E-state index < -0.39 is 10.1 Å². The molecule has 29 heavy (non-hydrogen) atoms. The summed E-state index contributed by atoms with van der Waals surface area (Å²) in [6.45, 7) is 7.78. The molecular formula is C22H29NO5S. The van der Waals surface area contributed by atoms with Crippen LogP contribution in [0.15, 0.2) is 42.5 Å². The van der Waals surface area contributed by atoms with Crippen molar-refractivity contribution in [2.45, 2.75) is 46.7 Å². The minimum absolute atomic E-state index is 0.00736. The molecule has 0 fully saturated rings. The van der Waals surface area contributed by atoms with Crippen LogP contribution in [0.1, 0.15) is 48.7 Å². The van der Waals surface area contributed by atoms with E-state index in [1.165, 1.54) is 14.0 Å². The Morgan fingerprint density at radius 3 is 2.38 bits per heavy atom. The molecule has 0 radical (unpaired) electrons. The fraction of sp³-hybridized carbons (Fsp3) is 0.409. The van der Waals surface area contributed by atoms with Crippen molar-refractivity contribution >= 4 is 16.0 Å². The molecule has 0 bridgehead atoms. The van der Waals surface area contributed by atoms with Crippen molar-refractivity contribution in [1.29, 1.82) is 0 Å². The van der Waals surface area contributed by atoms with Crippen molar-refractivity contribution in [1.82, 2.24) is 4.90 Å². The average Bonchev–Trinajstić information content (AvgIpc) is 2.71. The highest BCUT2D eigenvalue weighted by molar-refractivity contribution is 7.87. The smallest absolute Gasteiger partial charge is 0.309 e. The number of methoxy groups -OCH3 is 1. The highest BCUT2D eigenvalue weighted by Gasteiger charge is 2.23. The fourth-order valence-electron chi connectivity index (χ4n) is 2.89. The summed E-state index contributed by atoms with van der Waals surface area (Å²) in [4.78, 5) is 15.0. The van der Waals surface area contributed by atoms with Crippen LogP contribution in [0.3, 0.4) is 0 Å². The molecule has 0 aliphatic carbocycles. The number of hydrogen-bond acceptors (Lipinski definition) is 5. The number of ether oxygens (including phenoxy) is 1. The molecule has 158 valence electrons. The summed E-state index contributed by atoms with van der Waals surface area (Å²) in [5.74, 6) is 0.243. The van der Waals surface area contributed by atoms with Crippen LogP contribution in [-0.4, -0.2) is 38.1 Å². The quantitative estimate of drug-likeness (QED) is 0.570. The van der Waals surface area contributed by atoms with E-state index in [9.17, 15) is 13.2 Å². The molecule has 0 spiro atoms. The number of rotatable bonds is 9. The van der Waals surface area contributed by atoms with Gasteiger partial charge in [-0.3, -0.25) is 4.79 Å². The van der Waals surface area contributed by atoms with Crippen molar-refractivity contribution in [3.05, 3.63) is 59.2 Å². The van der Waals surface area contributed by atoms with E-state index >= 15 is 0 Å². The summed E-state index contributed by atoms with van der Waals surface area (Å²) in [6, 6.07) is 12.6. The summed E-state index contributed by atoms with van der Waals surface area (Å²) in [6.07, 6.45) is 0.793. The van der Waals surface area contributed by atoms with Gasteiger partial charge in [0.25, 0.3) is 5.91 Å². The van der Waals surface area contributed by atoms with Gasteiger partial charge in [0.2, 0.25) is 0 Å². The van der Waals surface area contributed by atoms with Crippen LogP contribution >= 0.6 is 0 Å². The lowest BCUT2D eigenvalue weighted by molar-refractivity contribution is 0.0670. The summed E-state index contributed by atoms with van der Waals surface area (Å²) < 4.78 is 34.2. The number of hydrogen-bond donors (Lipinski definition) is 0. The third-order valence-corrected chi connectivity index (χ3v) is 6.05. The molecule has 0 aromatic heterocycles. The van der Waals surface area contributed by atoms with Crippen LogP contribution in [0.25, 0.3) is 0 Å². The van der Waals surface area contributed by atoms with Gasteiger partial charge in [-0.2, -0.15) is 8.42 Å². The van der Waals surface area contributed by atoms with Gasteiger partial charge in [-0.05, 0) is 56.5 Å². The van der Waals surface area contributed by atoms with E-state index in [1.807, 2.05) is 51.1 Å². The van der Waals surface area contributed by atoms with E-state index in [4.69, 9.17) is 8.92 Å². The van der Waals surface area contributed by atoms with Crippen molar-refractivity contribution in [3.63, 3.8) is 0 Å². The first kappa shape index (κ1) is 22.7. The van der Waals surface area contributed by atoms with E-state index in [0.29, 0.717) is 17.9 Å². The molecule has 0 unspecified atom stereocenters. The van der Waals surface area contributed by atoms with Crippen molar-refractivity contribution in [3.8, 4) is 11.5 Å². The molecule has 0 aliphatic heterocycles. The normalized spacial score (nSPS) is 12.3. The Balaban J connectivity index is 2.39. The van der Waals surface area contributed by atoms with E-state index in [0.717, 1.165) is 17.5 Å². The van der Waals surface area contributed by atoms with Crippen molar-refractivity contribution in [2.75, 3.05) is 12.9 Å². The van der Waals surface area contributed by atoms with Gasteiger partial charge in [-0.15, -0.1) is 0 Å². The predicted molar refractivity (Wildman–Crippen MR) is 114 cm³/mol. The zero-order chi connectivity index (χ0) is 21.6. The lowest BCUT2D eigenvalue weighted by Gasteiger charge is -2.29. The van der Waals surface area contributed by atoms with E-state index in [1.54, 1.807) is 17.0 Å². The summed E-state index contributed by atoms with van der Waals surface area (Å²) in [7, 11) is -2.24. The van der Waals surface area contributed by atoms with Gasteiger partial charge in [0, 0.05) is 18.2 Å². The molecule has 0 N–H and O–H groups in total. The second kappa shape index (κ2) is 9.78. The summed E-state index contributed by atoms with van der Waals surface area (Å²) in [5, 5.41) is 0. The fourth-order valence-corrected chi connectivity index (χ4v) is 3.41. The molecule has 6 nitrogen and oxygen atoms in total. The van der Waals surface area contributed by atoms with Crippen LogP contribution in [0, 0.1) is 6.92 Å². The lowest BCUT2D eigenvalue weighted by Crippen LogP contribution is -2.38. The van der Waals surface area contributed by atoms with Crippen LogP contribution in [0.5, 0.6) is 11.5 Å². The topological polar surface area (TPSA) is 72.9 Å². The van der Waals surface area contributed by atoms with Gasteiger partial charge in [0.15, 0.2) is 11.5 Å². The maximum atomic E-state index is 13.2. The van der Waals surface area contributed by atoms with Crippen LogP contribution in [0.2, 0.25) is 0 Å². The molecule has 2 aromatic rings. The van der Waals surface area contributed by atoms with Gasteiger partial charge < -0.3 is 13.8 Å². The molecule has 0 saturated heterocycles. The molecule has 0 saturated carbocycles.